The van der Waals surface area contributed by atoms with Gasteiger partial charge >= 0.3 is 0 Å². The van der Waals surface area contributed by atoms with Crippen LogP contribution in [0.3, 0.4) is 0 Å². The summed E-state index contributed by atoms with van der Waals surface area (Å²) in [4.78, 5) is 14.6. The van der Waals surface area contributed by atoms with E-state index in [0.29, 0.717) is 17.2 Å². The maximum absolute atomic E-state index is 12.7. The average molecular weight is 359 g/mol. The molecule has 0 N–H and O–H groups in total. The normalized spacial score (nSPS) is 16.6. The van der Waals surface area contributed by atoms with Crippen LogP contribution in [0.25, 0.3) is 11.5 Å². The van der Waals surface area contributed by atoms with Crippen LogP contribution in [0.5, 0.6) is 0 Å². The molecule has 5 nitrogen and oxygen atoms in total. The average Bonchev–Trinajstić information content (AvgIpc) is 3.09. The zero-order chi connectivity index (χ0) is 17.8. The fourth-order valence-corrected chi connectivity index (χ4v) is 4.10. The largest absolute Gasteiger partial charge is 0.411 e. The van der Waals surface area contributed by atoms with Gasteiger partial charge < -0.3 is 9.32 Å². The van der Waals surface area contributed by atoms with Gasteiger partial charge in [0.1, 0.15) is 0 Å². The number of hydrogen-bond donors (Lipinski definition) is 0. The molecule has 1 atom stereocenters. The van der Waals surface area contributed by atoms with Crippen LogP contribution in [0.2, 0.25) is 0 Å². The maximum Gasteiger partial charge on any atom is 0.277 e. The van der Waals surface area contributed by atoms with E-state index in [1.165, 1.54) is 31.0 Å². The standard InChI is InChI=1S/C19H25N3O2S/c1-13-9-7-8-12-16(13)17-20-21-19(24-17)25-14(2)18(23)22(3)15-10-5-4-6-11-15/h7-9,12,14-15H,4-6,10-11H2,1-3H3. The van der Waals surface area contributed by atoms with Crippen molar-refractivity contribution in [3.05, 3.63) is 29.8 Å². The highest BCUT2D eigenvalue weighted by Gasteiger charge is 2.27. The molecule has 0 bridgehead atoms. The maximum atomic E-state index is 12.7. The number of rotatable bonds is 5. The molecule has 1 amide bonds. The summed E-state index contributed by atoms with van der Waals surface area (Å²) < 4.78 is 5.77. The summed E-state index contributed by atoms with van der Waals surface area (Å²) in [6.07, 6.45) is 5.93. The topological polar surface area (TPSA) is 59.2 Å². The highest BCUT2D eigenvalue weighted by Crippen LogP contribution is 2.29. The summed E-state index contributed by atoms with van der Waals surface area (Å²) in [6.45, 7) is 3.92. The van der Waals surface area contributed by atoms with Crippen molar-refractivity contribution in [2.45, 2.75) is 62.5 Å². The molecule has 3 rings (SSSR count). The Labute approximate surface area is 153 Å². The molecule has 1 saturated carbocycles. The van der Waals surface area contributed by atoms with Gasteiger partial charge in [0.15, 0.2) is 0 Å². The lowest BCUT2D eigenvalue weighted by atomic mass is 9.94. The molecule has 0 radical (unpaired) electrons. The van der Waals surface area contributed by atoms with Crippen LogP contribution < -0.4 is 0 Å². The van der Waals surface area contributed by atoms with E-state index >= 15 is 0 Å². The Morgan fingerprint density at radius 3 is 2.68 bits per heavy atom. The third-order valence-corrected chi connectivity index (χ3v) is 5.80. The second kappa shape index (κ2) is 8.04. The third kappa shape index (κ3) is 4.24. The van der Waals surface area contributed by atoms with E-state index in [1.54, 1.807) is 0 Å². The van der Waals surface area contributed by atoms with Crippen LogP contribution in [-0.4, -0.2) is 39.3 Å². The molecule has 1 heterocycles. The summed E-state index contributed by atoms with van der Waals surface area (Å²) in [5, 5.41) is 8.44. The minimum Gasteiger partial charge on any atom is -0.411 e. The molecule has 1 aromatic heterocycles. The summed E-state index contributed by atoms with van der Waals surface area (Å²) >= 11 is 1.33. The number of carbonyl (C=O) groups excluding carboxylic acids is 1. The van der Waals surface area contributed by atoms with E-state index < -0.39 is 0 Å². The number of amides is 1. The zero-order valence-corrected chi connectivity index (χ0v) is 15.9. The fourth-order valence-electron chi connectivity index (χ4n) is 3.32. The van der Waals surface area contributed by atoms with E-state index in [0.717, 1.165) is 24.0 Å². The van der Waals surface area contributed by atoms with Crippen LogP contribution in [-0.2, 0) is 4.79 Å². The van der Waals surface area contributed by atoms with Crippen molar-refractivity contribution in [1.29, 1.82) is 0 Å². The Kier molecular flexibility index (Phi) is 5.78. The van der Waals surface area contributed by atoms with Crippen LogP contribution in [0.1, 0.15) is 44.6 Å². The molecule has 0 aliphatic heterocycles. The quantitative estimate of drug-likeness (QED) is 0.744. The number of benzene rings is 1. The molecule has 0 spiro atoms. The highest BCUT2D eigenvalue weighted by molar-refractivity contribution is 8.00. The van der Waals surface area contributed by atoms with Crippen molar-refractivity contribution in [1.82, 2.24) is 15.1 Å². The Balaban J connectivity index is 1.64. The van der Waals surface area contributed by atoms with Gasteiger partial charge in [0.05, 0.1) is 5.25 Å². The Hall–Kier alpha value is -1.82. The van der Waals surface area contributed by atoms with Gasteiger partial charge in [-0.1, -0.05) is 49.2 Å². The lowest BCUT2D eigenvalue weighted by molar-refractivity contribution is -0.131. The molecule has 2 aromatic rings. The SMILES string of the molecule is Cc1ccccc1-c1nnc(SC(C)C(=O)N(C)C2CCCCC2)o1. The van der Waals surface area contributed by atoms with E-state index in [2.05, 4.69) is 10.2 Å². The van der Waals surface area contributed by atoms with Crippen LogP contribution in [0.15, 0.2) is 33.9 Å². The van der Waals surface area contributed by atoms with Gasteiger partial charge in [0.25, 0.3) is 5.22 Å². The number of aryl methyl sites for hydroxylation is 1. The summed E-state index contributed by atoms with van der Waals surface area (Å²) in [7, 11) is 1.92. The number of thioether (sulfide) groups is 1. The summed E-state index contributed by atoms with van der Waals surface area (Å²) in [5.41, 5.74) is 2.02. The molecule has 134 valence electrons. The highest BCUT2D eigenvalue weighted by atomic mass is 32.2. The van der Waals surface area contributed by atoms with Crippen molar-refractivity contribution in [2.24, 2.45) is 0 Å². The number of aromatic nitrogens is 2. The first-order valence-electron chi connectivity index (χ1n) is 8.89. The number of hydrogen-bond acceptors (Lipinski definition) is 5. The first-order valence-corrected chi connectivity index (χ1v) is 9.77. The van der Waals surface area contributed by atoms with E-state index in [9.17, 15) is 4.79 Å². The van der Waals surface area contributed by atoms with Gasteiger partial charge in [-0.3, -0.25) is 4.79 Å². The molecule has 0 saturated heterocycles. The molecule has 1 aliphatic carbocycles. The molecule has 1 aliphatic rings. The van der Waals surface area contributed by atoms with Crippen molar-refractivity contribution in [3.63, 3.8) is 0 Å². The molecular formula is C19H25N3O2S. The van der Waals surface area contributed by atoms with E-state index in [1.807, 2.05) is 50.1 Å². The van der Waals surface area contributed by atoms with Crippen LogP contribution >= 0.6 is 11.8 Å². The summed E-state index contributed by atoms with van der Waals surface area (Å²) in [5.74, 6) is 0.633. The first-order chi connectivity index (χ1) is 12.1. The Morgan fingerprint density at radius 1 is 1.24 bits per heavy atom. The molecule has 1 aromatic carbocycles. The molecule has 6 heteroatoms. The smallest absolute Gasteiger partial charge is 0.277 e. The number of nitrogens with zero attached hydrogens (tertiary/aromatic N) is 3. The van der Waals surface area contributed by atoms with Crippen molar-refractivity contribution in [3.8, 4) is 11.5 Å². The van der Waals surface area contributed by atoms with Gasteiger partial charge in [-0.15, -0.1) is 10.2 Å². The number of carbonyl (C=O) groups is 1. The predicted molar refractivity (Wildman–Crippen MR) is 99.4 cm³/mol. The fraction of sp³-hybridized carbons (Fsp3) is 0.526. The summed E-state index contributed by atoms with van der Waals surface area (Å²) in [6, 6.07) is 8.27. The lowest BCUT2D eigenvalue weighted by Gasteiger charge is -2.32. The Morgan fingerprint density at radius 2 is 1.96 bits per heavy atom. The van der Waals surface area contributed by atoms with Crippen LogP contribution in [0, 0.1) is 6.92 Å². The zero-order valence-electron chi connectivity index (χ0n) is 15.1. The second-order valence-corrected chi connectivity index (χ2v) is 7.98. The first kappa shape index (κ1) is 18.0. The van der Waals surface area contributed by atoms with Crippen LogP contribution in [0.4, 0.5) is 0 Å². The lowest BCUT2D eigenvalue weighted by Crippen LogP contribution is -2.42. The van der Waals surface area contributed by atoms with Crippen molar-refractivity contribution in [2.75, 3.05) is 7.05 Å². The Bertz CT molecular complexity index is 725. The minimum atomic E-state index is -0.239. The van der Waals surface area contributed by atoms with Gasteiger partial charge in [-0.2, -0.15) is 0 Å². The monoisotopic (exact) mass is 359 g/mol. The molecule has 25 heavy (non-hydrogen) atoms. The second-order valence-electron chi connectivity index (χ2n) is 6.69. The van der Waals surface area contributed by atoms with Gasteiger partial charge in [-0.25, -0.2) is 0 Å². The predicted octanol–water partition coefficient (Wildman–Crippen LogP) is 4.32. The van der Waals surface area contributed by atoms with Crippen molar-refractivity contribution >= 4 is 17.7 Å². The van der Waals surface area contributed by atoms with E-state index in [4.69, 9.17) is 4.42 Å². The molecule has 1 fully saturated rings. The molecular weight excluding hydrogens is 334 g/mol. The van der Waals surface area contributed by atoms with E-state index in [-0.39, 0.29) is 11.2 Å². The third-order valence-electron chi connectivity index (χ3n) is 4.88. The molecule has 1 unspecified atom stereocenters. The van der Waals surface area contributed by atoms with Gasteiger partial charge in [0.2, 0.25) is 11.8 Å². The van der Waals surface area contributed by atoms with Gasteiger partial charge in [0, 0.05) is 18.7 Å². The van der Waals surface area contributed by atoms with Gasteiger partial charge in [-0.05, 0) is 38.3 Å². The minimum absolute atomic E-state index is 0.132. The van der Waals surface area contributed by atoms with Crippen molar-refractivity contribution < 1.29 is 9.21 Å².